The maximum atomic E-state index is 13.8. The maximum absolute atomic E-state index is 13.8. The zero-order valence-corrected chi connectivity index (χ0v) is 13.2. The molecule has 2 rings (SSSR count). The summed E-state index contributed by atoms with van der Waals surface area (Å²) in [5, 5.41) is 0.583. The number of benzene rings is 2. The standard InChI is InChI=1S/C15H12Br2F2/c16-9-11(13-3-1-2-4-15(13)19)7-10-8-12(17)5-6-14(10)18/h1-6,8,11H,7,9H2. The summed E-state index contributed by atoms with van der Waals surface area (Å²) < 4.78 is 28.4. The highest BCUT2D eigenvalue weighted by atomic mass is 79.9. The highest BCUT2D eigenvalue weighted by molar-refractivity contribution is 9.10. The zero-order valence-electron chi connectivity index (χ0n) is 10.0. The van der Waals surface area contributed by atoms with E-state index in [9.17, 15) is 8.78 Å². The van der Waals surface area contributed by atoms with E-state index in [1.165, 1.54) is 12.1 Å². The van der Waals surface area contributed by atoms with Gasteiger partial charge in [-0.1, -0.05) is 50.1 Å². The SMILES string of the molecule is Fc1ccc(Br)cc1CC(CBr)c1ccccc1F. The number of rotatable bonds is 4. The molecule has 0 aliphatic carbocycles. The maximum Gasteiger partial charge on any atom is 0.126 e. The smallest absolute Gasteiger partial charge is 0.126 e. The van der Waals surface area contributed by atoms with Gasteiger partial charge in [0.15, 0.2) is 0 Å². The first-order valence-corrected chi connectivity index (χ1v) is 7.77. The Kier molecular flexibility index (Phi) is 5.11. The molecular formula is C15H12Br2F2. The van der Waals surface area contributed by atoms with Crippen LogP contribution in [0.3, 0.4) is 0 Å². The van der Waals surface area contributed by atoms with Crippen molar-refractivity contribution in [3.8, 4) is 0 Å². The lowest BCUT2D eigenvalue weighted by molar-refractivity contribution is 0.574. The molecule has 0 saturated heterocycles. The van der Waals surface area contributed by atoms with Crippen molar-refractivity contribution in [2.24, 2.45) is 0 Å². The van der Waals surface area contributed by atoms with Crippen molar-refractivity contribution in [1.82, 2.24) is 0 Å². The molecule has 0 saturated carbocycles. The Morgan fingerprint density at radius 1 is 1.00 bits per heavy atom. The molecule has 0 N–H and O–H groups in total. The van der Waals surface area contributed by atoms with E-state index in [1.807, 2.05) is 0 Å². The van der Waals surface area contributed by atoms with Crippen LogP contribution >= 0.6 is 31.9 Å². The molecule has 0 aromatic heterocycles. The summed E-state index contributed by atoms with van der Waals surface area (Å²) in [6.07, 6.45) is 0.456. The second kappa shape index (κ2) is 6.62. The van der Waals surface area contributed by atoms with Gasteiger partial charge in [-0.25, -0.2) is 8.78 Å². The van der Waals surface area contributed by atoms with E-state index in [2.05, 4.69) is 31.9 Å². The van der Waals surface area contributed by atoms with Gasteiger partial charge in [-0.3, -0.25) is 0 Å². The quantitative estimate of drug-likeness (QED) is 0.610. The molecule has 0 radical (unpaired) electrons. The third-order valence-electron chi connectivity index (χ3n) is 3.01. The molecule has 0 amide bonds. The number of alkyl halides is 1. The summed E-state index contributed by atoms with van der Waals surface area (Å²) in [5.41, 5.74) is 1.20. The Morgan fingerprint density at radius 2 is 1.74 bits per heavy atom. The van der Waals surface area contributed by atoms with Gasteiger partial charge in [-0.05, 0) is 41.8 Å². The zero-order chi connectivity index (χ0) is 13.8. The Balaban J connectivity index is 2.29. The Hall–Kier alpha value is -0.740. The van der Waals surface area contributed by atoms with Gasteiger partial charge in [0, 0.05) is 15.7 Å². The second-order valence-corrected chi connectivity index (χ2v) is 5.88. The molecule has 0 spiro atoms. The van der Waals surface area contributed by atoms with Crippen molar-refractivity contribution in [3.05, 3.63) is 69.7 Å². The van der Waals surface area contributed by atoms with E-state index in [0.29, 0.717) is 22.9 Å². The van der Waals surface area contributed by atoms with Crippen LogP contribution in [0.2, 0.25) is 0 Å². The average Bonchev–Trinajstić information content (AvgIpc) is 2.41. The van der Waals surface area contributed by atoms with E-state index in [-0.39, 0.29) is 17.6 Å². The van der Waals surface area contributed by atoms with Gasteiger partial charge >= 0.3 is 0 Å². The van der Waals surface area contributed by atoms with Crippen molar-refractivity contribution >= 4 is 31.9 Å². The first-order valence-electron chi connectivity index (χ1n) is 5.86. The van der Waals surface area contributed by atoms with Crippen molar-refractivity contribution in [2.75, 3.05) is 5.33 Å². The molecule has 2 aromatic carbocycles. The minimum absolute atomic E-state index is 0.0926. The number of hydrogen-bond donors (Lipinski definition) is 0. The van der Waals surface area contributed by atoms with Crippen LogP contribution in [0.5, 0.6) is 0 Å². The van der Waals surface area contributed by atoms with Gasteiger partial charge in [0.1, 0.15) is 11.6 Å². The molecule has 0 nitrogen and oxygen atoms in total. The molecular weight excluding hydrogens is 378 g/mol. The molecule has 100 valence electrons. The average molecular weight is 390 g/mol. The van der Waals surface area contributed by atoms with Crippen LogP contribution in [-0.4, -0.2) is 5.33 Å². The van der Waals surface area contributed by atoms with E-state index >= 15 is 0 Å². The van der Waals surface area contributed by atoms with Crippen LogP contribution < -0.4 is 0 Å². The minimum atomic E-state index is -0.259. The summed E-state index contributed by atoms with van der Waals surface area (Å²) in [7, 11) is 0. The van der Waals surface area contributed by atoms with E-state index in [4.69, 9.17) is 0 Å². The van der Waals surface area contributed by atoms with Crippen LogP contribution in [0, 0.1) is 11.6 Å². The highest BCUT2D eigenvalue weighted by Crippen LogP contribution is 2.27. The van der Waals surface area contributed by atoms with Gasteiger partial charge in [-0.2, -0.15) is 0 Å². The molecule has 1 atom stereocenters. The summed E-state index contributed by atoms with van der Waals surface area (Å²) in [6.45, 7) is 0. The second-order valence-electron chi connectivity index (χ2n) is 4.31. The third kappa shape index (κ3) is 3.63. The Morgan fingerprint density at radius 3 is 2.42 bits per heavy atom. The lowest BCUT2D eigenvalue weighted by Gasteiger charge is -2.16. The molecule has 1 unspecified atom stereocenters. The number of hydrogen-bond acceptors (Lipinski definition) is 0. The van der Waals surface area contributed by atoms with Gasteiger partial charge in [0.05, 0.1) is 0 Å². The number of halogens is 4. The Labute approximate surface area is 128 Å². The largest absolute Gasteiger partial charge is 0.207 e. The topological polar surface area (TPSA) is 0 Å². The van der Waals surface area contributed by atoms with Crippen molar-refractivity contribution in [2.45, 2.75) is 12.3 Å². The molecule has 0 aliphatic heterocycles. The summed E-state index contributed by atoms with van der Waals surface area (Å²) in [4.78, 5) is 0. The molecule has 4 heteroatoms. The van der Waals surface area contributed by atoms with Crippen molar-refractivity contribution in [1.29, 1.82) is 0 Å². The Bertz CT molecular complexity index is 570. The lowest BCUT2D eigenvalue weighted by atomic mass is 9.93. The fraction of sp³-hybridized carbons (Fsp3) is 0.200. The highest BCUT2D eigenvalue weighted by Gasteiger charge is 2.17. The normalized spacial score (nSPS) is 12.4. The lowest BCUT2D eigenvalue weighted by Crippen LogP contribution is -2.08. The van der Waals surface area contributed by atoms with E-state index < -0.39 is 0 Å². The van der Waals surface area contributed by atoms with E-state index in [1.54, 1.807) is 30.3 Å². The predicted octanol–water partition coefficient (Wildman–Crippen LogP) is 5.45. The molecule has 0 fully saturated rings. The van der Waals surface area contributed by atoms with Gasteiger partial charge < -0.3 is 0 Å². The van der Waals surface area contributed by atoms with Crippen LogP contribution in [0.25, 0.3) is 0 Å². The van der Waals surface area contributed by atoms with Crippen LogP contribution in [0.15, 0.2) is 46.9 Å². The first-order chi connectivity index (χ1) is 9.11. The fourth-order valence-electron chi connectivity index (χ4n) is 2.02. The van der Waals surface area contributed by atoms with Gasteiger partial charge in [-0.15, -0.1) is 0 Å². The third-order valence-corrected chi connectivity index (χ3v) is 4.28. The molecule has 19 heavy (non-hydrogen) atoms. The van der Waals surface area contributed by atoms with Crippen LogP contribution in [0.4, 0.5) is 8.78 Å². The fourth-order valence-corrected chi connectivity index (χ4v) is 3.01. The van der Waals surface area contributed by atoms with Crippen molar-refractivity contribution in [3.63, 3.8) is 0 Å². The first kappa shape index (κ1) is 14.7. The minimum Gasteiger partial charge on any atom is -0.207 e. The summed E-state index contributed by atoms with van der Waals surface area (Å²) in [5.74, 6) is -0.599. The molecule has 2 aromatic rings. The van der Waals surface area contributed by atoms with Crippen LogP contribution in [0.1, 0.15) is 17.0 Å². The summed E-state index contributed by atoms with van der Waals surface area (Å²) in [6, 6.07) is 11.5. The molecule has 0 heterocycles. The predicted molar refractivity (Wildman–Crippen MR) is 80.7 cm³/mol. The molecule has 0 bridgehead atoms. The van der Waals surface area contributed by atoms with Gasteiger partial charge in [0.25, 0.3) is 0 Å². The van der Waals surface area contributed by atoms with E-state index in [0.717, 1.165) is 4.47 Å². The van der Waals surface area contributed by atoms with Crippen molar-refractivity contribution < 1.29 is 8.78 Å². The van der Waals surface area contributed by atoms with Crippen LogP contribution in [-0.2, 0) is 6.42 Å². The summed E-state index contributed by atoms with van der Waals surface area (Å²) >= 11 is 6.71. The molecule has 0 aliphatic rings. The van der Waals surface area contributed by atoms with Gasteiger partial charge in [0.2, 0.25) is 0 Å². The monoisotopic (exact) mass is 388 g/mol.